The molecule has 2 fully saturated rings. The average Bonchev–Trinajstić information content (AvgIpc) is 2.77. The third kappa shape index (κ3) is 7.82. The summed E-state index contributed by atoms with van der Waals surface area (Å²) in [5, 5.41) is 0. The van der Waals surface area contributed by atoms with Gasteiger partial charge in [-0.05, 0) is 84.4 Å². The Labute approximate surface area is 182 Å². The molecule has 0 aromatic heterocycles. The van der Waals surface area contributed by atoms with Gasteiger partial charge in [-0.25, -0.2) is 0 Å². The van der Waals surface area contributed by atoms with Gasteiger partial charge in [-0.3, -0.25) is 9.59 Å². The Bertz CT molecular complexity index is 619. The number of ether oxygens (including phenoxy) is 2. The zero-order valence-electron chi connectivity index (χ0n) is 19.6. The number of anilines is 1. The van der Waals surface area contributed by atoms with Crippen LogP contribution in [0.2, 0.25) is 0 Å². The van der Waals surface area contributed by atoms with E-state index in [0.717, 1.165) is 18.4 Å². The van der Waals surface area contributed by atoms with Crippen LogP contribution in [0.15, 0.2) is 24.3 Å². The Kier molecular flexibility index (Phi) is 11.8. The van der Waals surface area contributed by atoms with Crippen LogP contribution in [-0.4, -0.2) is 62.3 Å². The predicted octanol–water partition coefficient (Wildman–Crippen LogP) is 4.52. The number of benzene rings is 1. The summed E-state index contributed by atoms with van der Waals surface area (Å²) in [6.07, 6.45) is 5.84. The fourth-order valence-electron chi connectivity index (χ4n) is 3.39. The molecule has 3 rings (SSSR count). The van der Waals surface area contributed by atoms with Gasteiger partial charge in [0.1, 0.15) is 6.29 Å². The number of rotatable bonds is 4. The zero-order chi connectivity index (χ0) is 22.6. The summed E-state index contributed by atoms with van der Waals surface area (Å²) < 4.78 is 11.1. The number of hydrogen-bond donors (Lipinski definition) is 0. The first-order valence-electron chi connectivity index (χ1n) is 11.2. The van der Waals surface area contributed by atoms with Crippen molar-refractivity contribution in [2.45, 2.75) is 72.1 Å². The number of likely N-dealkylation sites (tertiary alicyclic amines) is 1. The Balaban J connectivity index is 0.000000418. The first kappa shape index (κ1) is 26.3. The highest BCUT2D eigenvalue weighted by Crippen LogP contribution is 2.26. The van der Waals surface area contributed by atoms with Crippen molar-refractivity contribution in [3.05, 3.63) is 29.8 Å². The molecule has 2 saturated heterocycles. The van der Waals surface area contributed by atoms with Crippen molar-refractivity contribution in [1.82, 2.24) is 4.90 Å². The van der Waals surface area contributed by atoms with E-state index in [4.69, 9.17) is 9.47 Å². The molecular weight excluding hydrogens is 380 g/mol. The van der Waals surface area contributed by atoms with Gasteiger partial charge in [-0.15, -0.1) is 0 Å². The van der Waals surface area contributed by atoms with E-state index in [2.05, 4.69) is 11.9 Å². The normalized spacial score (nSPS) is 18.4. The van der Waals surface area contributed by atoms with Crippen LogP contribution >= 0.6 is 0 Å². The van der Waals surface area contributed by atoms with Crippen molar-refractivity contribution in [2.75, 3.05) is 38.3 Å². The molecule has 30 heavy (non-hydrogen) atoms. The second kappa shape index (κ2) is 13.5. The van der Waals surface area contributed by atoms with Gasteiger partial charge in [0, 0.05) is 17.3 Å². The molecule has 170 valence electrons. The largest absolute Gasteiger partial charge is 0.342 e. The number of piperidine rings is 1. The quantitative estimate of drug-likeness (QED) is 0.670. The molecule has 1 aromatic carbocycles. The third-order valence-corrected chi connectivity index (χ3v) is 5.05. The van der Waals surface area contributed by atoms with Gasteiger partial charge in [0.05, 0.1) is 13.2 Å². The Morgan fingerprint density at radius 1 is 1.03 bits per heavy atom. The SMILES string of the molecule is CC.CC(C)N(C(=O)C1(C)OCCCO1)c1ccc(C=O)cc1.CN1CCCCC1. The zero-order valence-corrected chi connectivity index (χ0v) is 19.6. The maximum absolute atomic E-state index is 12.8. The minimum atomic E-state index is -1.24. The maximum atomic E-state index is 12.8. The number of amides is 1. The van der Waals surface area contributed by atoms with Gasteiger partial charge >= 0.3 is 0 Å². The van der Waals surface area contributed by atoms with Crippen molar-refractivity contribution in [3.8, 4) is 0 Å². The molecule has 2 heterocycles. The molecular formula is C24H40N2O4. The van der Waals surface area contributed by atoms with E-state index >= 15 is 0 Å². The molecule has 0 atom stereocenters. The summed E-state index contributed by atoms with van der Waals surface area (Å²) in [6.45, 7) is 13.2. The van der Waals surface area contributed by atoms with E-state index in [1.807, 2.05) is 27.7 Å². The van der Waals surface area contributed by atoms with Gasteiger partial charge in [0.25, 0.3) is 5.91 Å². The van der Waals surface area contributed by atoms with Crippen molar-refractivity contribution in [3.63, 3.8) is 0 Å². The number of carbonyl (C=O) groups excluding carboxylic acids is 2. The first-order valence-corrected chi connectivity index (χ1v) is 11.2. The van der Waals surface area contributed by atoms with Gasteiger partial charge in [-0.1, -0.05) is 20.3 Å². The monoisotopic (exact) mass is 420 g/mol. The van der Waals surface area contributed by atoms with Crippen LogP contribution in [0.5, 0.6) is 0 Å². The molecule has 0 unspecified atom stereocenters. The fraction of sp³-hybridized carbons (Fsp3) is 0.667. The third-order valence-electron chi connectivity index (χ3n) is 5.05. The molecule has 6 nitrogen and oxygen atoms in total. The molecule has 2 aliphatic heterocycles. The highest BCUT2D eigenvalue weighted by molar-refractivity contribution is 5.99. The van der Waals surface area contributed by atoms with E-state index in [0.29, 0.717) is 18.8 Å². The van der Waals surface area contributed by atoms with Crippen LogP contribution in [0.25, 0.3) is 0 Å². The molecule has 0 bridgehead atoms. The van der Waals surface area contributed by atoms with Crippen LogP contribution < -0.4 is 4.90 Å². The van der Waals surface area contributed by atoms with Crippen molar-refractivity contribution < 1.29 is 19.1 Å². The standard InChI is InChI=1S/C16H21NO4.C6H13N.C2H6/c1-12(2)17(14-7-5-13(11-18)6-8-14)15(19)16(3)20-9-4-10-21-16;1-7-5-3-2-4-6-7;1-2/h5-8,11-12H,4,9-10H2,1-3H3;2-6H2,1H3;1-2H3. The Hall–Kier alpha value is -1.76. The van der Waals surface area contributed by atoms with Crippen molar-refractivity contribution in [1.29, 1.82) is 0 Å². The number of carbonyl (C=O) groups is 2. The van der Waals surface area contributed by atoms with Crippen LogP contribution in [0, 0.1) is 0 Å². The summed E-state index contributed by atoms with van der Waals surface area (Å²) in [4.78, 5) is 27.6. The second-order valence-electron chi connectivity index (χ2n) is 7.84. The molecule has 0 saturated carbocycles. The highest BCUT2D eigenvalue weighted by atomic mass is 16.7. The molecule has 1 amide bonds. The smallest absolute Gasteiger partial charge is 0.287 e. The number of hydrogen-bond acceptors (Lipinski definition) is 5. The average molecular weight is 421 g/mol. The molecule has 0 spiro atoms. The number of nitrogens with zero attached hydrogens (tertiary/aromatic N) is 2. The lowest BCUT2D eigenvalue weighted by molar-refractivity contribution is -0.243. The first-order chi connectivity index (χ1) is 14.4. The van der Waals surface area contributed by atoms with E-state index in [1.54, 1.807) is 36.1 Å². The summed E-state index contributed by atoms with van der Waals surface area (Å²) in [5.74, 6) is -1.47. The van der Waals surface area contributed by atoms with Crippen molar-refractivity contribution in [2.24, 2.45) is 0 Å². The lowest BCUT2D eigenvalue weighted by Gasteiger charge is -2.38. The van der Waals surface area contributed by atoms with E-state index in [9.17, 15) is 9.59 Å². The Morgan fingerprint density at radius 2 is 1.57 bits per heavy atom. The fourth-order valence-corrected chi connectivity index (χ4v) is 3.39. The van der Waals surface area contributed by atoms with Gasteiger partial charge < -0.3 is 19.3 Å². The van der Waals surface area contributed by atoms with Crippen LogP contribution in [0.4, 0.5) is 5.69 Å². The van der Waals surface area contributed by atoms with Gasteiger partial charge in [0.2, 0.25) is 5.79 Å². The van der Waals surface area contributed by atoms with E-state index in [-0.39, 0.29) is 11.9 Å². The summed E-state index contributed by atoms with van der Waals surface area (Å²) >= 11 is 0. The molecule has 0 N–H and O–H groups in total. The molecule has 0 radical (unpaired) electrons. The van der Waals surface area contributed by atoms with Crippen molar-refractivity contribution >= 4 is 17.9 Å². The lowest BCUT2D eigenvalue weighted by Crippen LogP contribution is -2.55. The second-order valence-corrected chi connectivity index (χ2v) is 7.84. The van der Waals surface area contributed by atoms with Crippen LogP contribution in [-0.2, 0) is 14.3 Å². The topological polar surface area (TPSA) is 59.1 Å². The number of aldehydes is 1. The highest BCUT2D eigenvalue weighted by Gasteiger charge is 2.42. The lowest BCUT2D eigenvalue weighted by atomic mass is 10.1. The Morgan fingerprint density at radius 3 is 1.97 bits per heavy atom. The summed E-state index contributed by atoms with van der Waals surface area (Å²) in [6, 6.07) is 6.85. The van der Waals surface area contributed by atoms with Crippen LogP contribution in [0.3, 0.4) is 0 Å². The van der Waals surface area contributed by atoms with Crippen LogP contribution in [0.1, 0.15) is 70.7 Å². The maximum Gasteiger partial charge on any atom is 0.287 e. The van der Waals surface area contributed by atoms with Gasteiger partial charge in [-0.2, -0.15) is 0 Å². The molecule has 2 aliphatic rings. The summed E-state index contributed by atoms with van der Waals surface area (Å²) in [7, 11) is 2.19. The molecule has 1 aromatic rings. The predicted molar refractivity (Wildman–Crippen MR) is 122 cm³/mol. The minimum absolute atomic E-state index is 0.0504. The van der Waals surface area contributed by atoms with E-state index in [1.165, 1.54) is 32.4 Å². The molecule has 0 aliphatic carbocycles. The minimum Gasteiger partial charge on any atom is -0.342 e. The molecule has 6 heteroatoms. The van der Waals surface area contributed by atoms with Gasteiger partial charge in [0.15, 0.2) is 0 Å². The van der Waals surface area contributed by atoms with E-state index < -0.39 is 5.79 Å². The summed E-state index contributed by atoms with van der Waals surface area (Å²) in [5.41, 5.74) is 1.30.